The number of rotatable bonds is 3. The molecule has 0 bridgehead atoms. The van der Waals surface area contributed by atoms with Crippen LogP contribution in [0.3, 0.4) is 0 Å². The van der Waals surface area contributed by atoms with Gasteiger partial charge < -0.3 is 10.2 Å². The number of Topliss-reactive ketones (excluding diaryl/α,β-unsaturated/α-hetero) is 1. The van der Waals surface area contributed by atoms with E-state index < -0.39 is 17.5 Å². The van der Waals surface area contributed by atoms with Gasteiger partial charge in [-0.3, -0.25) is 4.79 Å². The number of hydrogen-bond acceptors (Lipinski definition) is 3. The van der Waals surface area contributed by atoms with Gasteiger partial charge in [-0.2, -0.15) is 0 Å². The topological polar surface area (TPSA) is 57.5 Å². The van der Waals surface area contributed by atoms with Crippen molar-refractivity contribution in [3.8, 4) is 0 Å². The molecule has 64 valence electrons. The molecule has 0 aromatic carbocycles. The predicted molar refractivity (Wildman–Crippen MR) is 42.1 cm³/mol. The molecule has 0 aromatic rings. The molecule has 2 atom stereocenters. The number of ketones is 1. The lowest BCUT2D eigenvalue weighted by Gasteiger charge is -2.23. The summed E-state index contributed by atoms with van der Waals surface area (Å²) < 4.78 is 0. The van der Waals surface area contributed by atoms with Crippen LogP contribution in [-0.2, 0) is 4.79 Å². The van der Waals surface area contributed by atoms with Gasteiger partial charge in [0.25, 0.3) is 0 Å². The molecule has 0 saturated carbocycles. The number of aliphatic hydroxyl groups excluding tert-OH is 1. The van der Waals surface area contributed by atoms with Crippen molar-refractivity contribution in [3.63, 3.8) is 0 Å². The quantitative estimate of drug-likeness (QED) is 0.579. The predicted octanol–water partition coefficient (Wildman–Crippen LogP) is 0.263. The van der Waals surface area contributed by atoms with E-state index >= 15 is 0 Å². The summed E-state index contributed by atoms with van der Waals surface area (Å²) in [4.78, 5) is 10.7. The first-order valence-electron chi connectivity index (χ1n) is 3.47. The Hall–Kier alpha value is -0.670. The van der Waals surface area contributed by atoms with Gasteiger partial charge in [-0.25, -0.2) is 0 Å². The lowest BCUT2D eigenvalue weighted by atomic mass is 9.95. The third-order valence-corrected chi connectivity index (χ3v) is 1.66. The second-order valence-electron chi connectivity index (χ2n) is 2.67. The van der Waals surface area contributed by atoms with E-state index in [4.69, 9.17) is 0 Å². The summed E-state index contributed by atoms with van der Waals surface area (Å²) in [7, 11) is 0. The zero-order valence-electron chi connectivity index (χ0n) is 7.03. The molecule has 2 N–H and O–H groups in total. The van der Waals surface area contributed by atoms with Crippen molar-refractivity contribution in [3.05, 3.63) is 12.2 Å². The normalized spacial score (nSPS) is 19.7. The minimum absolute atomic E-state index is 0.442. The van der Waals surface area contributed by atoms with Crippen LogP contribution in [0.15, 0.2) is 12.2 Å². The van der Waals surface area contributed by atoms with Crippen molar-refractivity contribution in [2.45, 2.75) is 32.5 Å². The Kier molecular flexibility index (Phi) is 3.42. The number of aliphatic hydroxyl groups is 2. The van der Waals surface area contributed by atoms with Gasteiger partial charge in [-0.05, 0) is 20.8 Å². The van der Waals surface area contributed by atoms with Crippen LogP contribution in [0.25, 0.3) is 0 Å². The zero-order chi connectivity index (χ0) is 9.07. The molecule has 0 spiro atoms. The first-order valence-corrected chi connectivity index (χ1v) is 3.47. The van der Waals surface area contributed by atoms with Gasteiger partial charge in [0.1, 0.15) is 11.7 Å². The Morgan fingerprint density at radius 2 is 2.09 bits per heavy atom. The molecule has 0 heterocycles. The molecule has 0 amide bonds. The van der Waals surface area contributed by atoms with Crippen molar-refractivity contribution >= 4 is 5.78 Å². The molecule has 0 saturated heterocycles. The van der Waals surface area contributed by atoms with E-state index in [0.29, 0.717) is 0 Å². The highest BCUT2D eigenvalue weighted by molar-refractivity contribution is 5.85. The van der Waals surface area contributed by atoms with E-state index in [-0.39, 0.29) is 0 Å². The number of allylic oxidation sites excluding steroid dienone is 1. The highest BCUT2D eigenvalue weighted by Gasteiger charge is 2.33. The largest absolute Gasteiger partial charge is 0.386 e. The summed E-state index contributed by atoms with van der Waals surface area (Å²) in [5.74, 6) is -0.442. The number of carbonyl (C=O) groups is 1. The summed E-state index contributed by atoms with van der Waals surface area (Å²) in [6.45, 7) is 4.24. The SMILES string of the molecule is C/C=C\C(O)C(C)(O)C(C)=O. The summed E-state index contributed by atoms with van der Waals surface area (Å²) in [5, 5.41) is 18.5. The van der Waals surface area contributed by atoms with Crippen molar-refractivity contribution in [1.29, 1.82) is 0 Å². The van der Waals surface area contributed by atoms with Gasteiger partial charge in [0.2, 0.25) is 0 Å². The Morgan fingerprint density at radius 3 is 2.36 bits per heavy atom. The van der Waals surface area contributed by atoms with Gasteiger partial charge >= 0.3 is 0 Å². The van der Waals surface area contributed by atoms with Crippen LogP contribution in [-0.4, -0.2) is 27.7 Å². The fourth-order valence-corrected chi connectivity index (χ4v) is 0.578. The summed E-state index contributed by atoms with van der Waals surface area (Å²) in [6.07, 6.45) is 1.84. The van der Waals surface area contributed by atoms with E-state index in [1.165, 1.54) is 19.9 Å². The van der Waals surface area contributed by atoms with Crippen molar-refractivity contribution in [2.24, 2.45) is 0 Å². The average Bonchev–Trinajstić information content (AvgIpc) is 1.88. The van der Waals surface area contributed by atoms with Crippen LogP contribution in [0.4, 0.5) is 0 Å². The van der Waals surface area contributed by atoms with Crippen LogP contribution >= 0.6 is 0 Å². The molecular formula is C8H14O3. The van der Waals surface area contributed by atoms with Gasteiger partial charge in [-0.15, -0.1) is 0 Å². The van der Waals surface area contributed by atoms with Crippen molar-refractivity contribution in [1.82, 2.24) is 0 Å². The lowest BCUT2D eigenvalue weighted by molar-refractivity contribution is -0.141. The van der Waals surface area contributed by atoms with Gasteiger partial charge in [0.05, 0.1) is 0 Å². The number of hydrogen-bond donors (Lipinski definition) is 2. The van der Waals surface area contributed by atoms with E-state index in [1.54, 1.807) is 13.0 Å². The van der Waals surface area contributed by atoms with E-state index in [2.05, 4.69) is 0 Å². The standard InChI is InChI=1S/C8H14O3/c1-4-5-7(10)8(3,11)6(2)9/h4-5,7,10-11H,1-3H3/b5-4-. The highest BCUT2D eigenvalue weighted by Crippen LogP contribution is 2.11. The van der Waals surface area contributed by atoms with Gasteiger partial charge in [0.15, 0.2) is 5.78 Å². The van der Waals surface area contributed by atoms with E-state index in [0.717, 1.165) is 0 Å². The van der Waals surface area contributed by atoms with E-state index in [1.807, 2.05) is 0 Å². The maximum absolute atomic E-state index is 10.7. The summed E-state index contributed by atoms with van der Waals surface area (Å²) >= 11 is 0. The second-order valence-corrected chi connectivity index (χ2v) is 2.67. The smallest absolute Gasteiger partial charge is 0.164 e. The average molecular weight is 158 g/mol. The molecule has 0 radical (unpaired) electrons. The minimum Gasteiger partial charge on any atom is -0.386 e. The molecular weight excluding hydrogens is 144 g/mol. The molecule has 0 rings (SSSR count). The first-order chi connectivity index (χ1) is 4.92. The van der Waals surface area contributed by atoms with Crippen LogP contribution in [0.1, 0.15) is 20.8 Å². The third-order valence-electron chi connectivity index (χ3n) is 1.66. The van der Waals surface area contributed by atoms with Crippen molar-refractivity contribution in [2.75, 3.05) is 0 Å². The van der Waals surface area contributed by atoms with Gasteiger partial charge in [0, 0.05) is 0 Å². The van der Waals surface area contributed by atoms with Crippen LogP contribution in [0.5, 0.6) is 0 Å². The minimum atomic E-state index is -1.66. The molecule has 11 heavy (non-hydrogen) atoms. The molecule has 3 nitrogen and oxygen atoms in total. The zero-order valence-corrected chi connectivity index (χ0v) is 7.03. The number of carbonyl (C=O) groups excluding carboxylic acids is 1. The molecule has 0 fully saturated rings. The van der Waals surface area contributed by atoms with E-state index in [9.17, 15) is 15.0 Å². The molecule has 0 aliphatic carbocycles. The summed E-state index contributed by atoms with van der Waals surface area (Å²) in [6, 6.07) is 0. The maximum Gasteiger partial charge on any atom is 0.164 e. The fourth-order valence-electron chi connectivity index (χ4n) is 0.578. The molecule has 3 heteroatoms. The van der Waals surface area contributed by atoms with Crippen LogP contribution in [0, 0.1) is 0 Å². The Bertz CT molecular complexity index is 170. The maximum atomic E-state index is 10.7. The Labute approximate surface area is 66.4 Å². The van der Waals surface area contributed by atoms with Gasteiger partial charge in [-0.1, -0.05) is 12.2 Å². The van der Waals surface area contributed by atoms with Crippen LogP contribution < -0.4 is 0 Å². The van der Waals surface area contributed by atoms with Crippen LogP contribution in [0.2, 0.25) is 0 Å². The lowest BCUT2D eigenvalue weighted by Crippen LogP contribution is -2.44. The monoisotopic (exact) mass is 158 g/mol. The first kappa shape index (κ1) is 10.3. The Balaban J connectivity index is 4.41. The molecule has 0 aliphatic rings. The Morgan fingerprint density at radius 1 is 1.64 bits per heavy atom. The molecule has 0 aromatic heterocycles. The third kappa shape index (κ3) is 2.44. The summed E-state index contributed by atoms with van der Waals surface area (Å²) in [5.41, 5.74) is -1.66. The highest BCUT2D eigenvalue weighted by atomic mass is 16.3. The molecule has 2 unspecified atom stereocenters. The van der Waals surface area contributed by atoms with Crippen molar-refractivity contribution < 1.29 is 15.0 Å². The fraction of sp³-hybridized carbons (Fsp3) is 0.625. The molecule has 0 aliphatic heterocycles. The second kappa shape index (κ2) is 3.64.